The number of nitro benzene ring substituents is 1. The third-order valence-corrected chi connectivity index (χ3v) is 4.86. The van der Waals surface area contributed by atoms with Gasteiger partial charge < -0.3 is 10.6 Å². The summed E-state index contributed by atoms with van der Waals surface area (Å²) in [7, 11) is 3.59. The largest absolute Gasteiger partial charge is 0.369 e. The zero-order valence-electron chi connectivity index (χ0n) is 16.7. The van der Waals surface area contributed by atoms with Crippen LogP contribution in [0.15, 0.2) is 48.5 Å². The molecule has 0 radical (unpaired) electrons. The summed E-state index contributed by atoms with van der Waals surface area (Å²) in [6.07, 6.45) is 1.39. The van der Waals surface area contributed by atoms with E-state index in [0.717, 1.165) is 17.0 Å². The second kappa shape index (κ2) is 8.73. The summed E-state index contributed by atoms with van der Waals surface area (Å²) >= 11 is 0. The van der Waals surface area contributed by atoms with Gasteiger partial charge in [0.15, 0.2) is 0 Å². The molecule has 0 spiro atoms. The van der Waals surface area contributed by atoms with E-state index in [0.29, 0.717) is 25.1 Å². The highest BCUT2D eigenvalue weighted by Gasteiger charge is 2.19. The summed E-state index contributed by atoms with van der Waals surface area (Å²) in [4.78, 5) is 23.9. The molecule has 0 unspecified atom stereocenters. The van der Waals surface area contributed by atoms with Crippen molar-refractivity contribution in [1.82, 2.24) is 9.78 Å². The molecule has 0 aliphatic heterocycles. The zero-order valence-corrected chi connectivity index (χ0v) is 16.7. The van der Waals surface area contributed by atoms with Crippen molar-refractivity contribution in [3.63, 3.8) is 0 Å². The molecule has 0 atom stereocenters. The van der Waals surface area contributed by atoms with Crippen LogP contribution in [0.3, 0.4) is 0 Å². The smallest absolute Gasteiger partial charge is 0.293 e. The maximum Gasteiger partial charge on any atom is 0.293 e. The molecule has 0 bridgehead atoms. The molecule has 9 heteroatoms. The molecule has 1 aromatic heterocycles. The minimum Gasteiger partial charge on any atom is -0.369 e. The SMILES string of the molecule is CN(CCCc1cc(-c2ccc(F)cc2)n(C)n1)c1ccc(C(N)=O)cc1[N+](=O)[O-]. The fraction of sp³-hybridized carbons (Fsp3) is 0.238. The predicted octanol–water partition coefficient (Wildman–Crippen LogP) is 3.30. The van der Waals surface area contributed by atoms with Crippen LogP contribution in [0.25, 0.3) is 11.3 Å². The molecule has 2 N–H and O–H groups in total. The Morgan fingerprint density at radius 3 is 2.57 bits per heavy atom. The van der Waals surface area contributed by atoms with E-state index in [4.69, 9.17) is 5.73 Å². The van der Waals surface area contributed by atoms with Crippen LogP contribution in [0, 0.1) is 15.9 Å². The Labute approximate surface area is 172 Å². The van der Waals surface area contributed by atoms with E-state index >= 15 is 0 Å². The van der Waals surface area contributed by atoms with E-state index in [-0.39, 0.29) is 17.1 Å². The minimum absolute atomic E-state index is 0.0978. The fourth-order valence-electron chi connectivity index (χ4n) is 3.30. The summed E-state index contributed by atoms with van der Waals surface area (Å²) < 4.78 is 14.9. The van der Waals surface area contributed by atoms with Gasteiger partial charge in [0, 0.05) is 32.3 Å². The number of carbonyl (C=O) groups is 1. The van der Waals surface area contributed by atoms with Crippen LogP contribution >= 0.6 is 0 Å². The molecular formula is C21H22FN5O3. The van der Waals surface area contributed by atoms with Gasteiger partial charge in [0.05, 0.1) is 16.3 Å². The van der Waals surface area contributed by atoms with E-state index in [1.807, 2.05) is 13.1 Å². The Morgan fingerprint density at radius 1 is 1.23 bits per heavy atom. The molecular weight excluding hydrogens is 389 g/mol. The van der Waals surface area contributed by atoms with Gasteiger partial charge in [0.2, 0.25) is 5.91 Å². The first-order valence-electron chi connectivity index (χ1n) is 9.34. The second-order valence-electron chi connectivity index (χ2n) is 7.00. The molecule has 0 aliphatic carbocycles. The van der Waals surface area contributed by atoms with Crippen molar-refractivity contribution in [3.05, 3.63) is 75.7 Å². The number of nitro groups is 1. The highest BCUT2D eigenvalue weighted by molar-refractivity contribution is 5.94. The molecule has 2 aromatic carbocycles. The summed E-state index contributed by atoms with van der Waals surface area (Å²) in [6.45, 7) is 0.555. The van der Waals surface area contributed by atoms with Crippen LogP contribution in [-0.4, -0.2) is 34.2 Å². The van der Waals surface area contributed by atoms with Gasteiger partial charge >= 0.3 is 0 Å². The van der Waals surface area contributed by atoms with Crippen molar-refractivity contribution < 1.29 is 14.1 Å². The molecule has 0 aliphatic rings. The molecule has 3 aromatic rings. The first kappa shape index (κ1) is 21.0. The first-order chi connectivity index (χ1) is 14.3. The molecule has 156 valence electrons. The van der Waals surface area contributed by atoms with Crippen molar-refractivity contribution >= 4 is 17.3 Å². The highest BCUT2D eigenvalue weighted by Crippen LogP contribution is 2.29. The summed E-state index contributed by atoms with van der Waals surface area (Å²) in [5.74, 6) is -0.999. The topological polar surface area (TPSA) is 107 Å². The van der Waals surface area contributed by atoms with Gasteiger partial charge in [0.1, 0.15) is 11.5 Å². The Morgan fingerprint density at radius 2 is 1.93 bits per heavy atom. The second-order valence-corrected chi connectivity index (χ2v) is 7.00. The molecule has 0 fully saturated rings. The van der Waals surface area contributed by atoms with Crippen molar-refractivity contribution in [1.29, 1.82) is 0 Å². The molecule has 1 amide bonds. The maximum atomic E-state index is 13.1. The number of primary amides is 1. The average molecular weight is 411 g/mol. The standard InChI is InChI=1S/C21H22FN5O3/c1-25(18-10-7-15(21(23)28)12-20(18)27(29)30)11-3-4-17-13-19(26(2)24-17)14-5-8-16(22)9-6-14/h5-10,12-13H,3-4,11H2,1-2H3,(H2,23,28). The Bertz CT molecular complexity index is 1080. The van der Waals surface area contributed by atoms with Gasteiger partial charge in [-0.05, 0) is 60.9 Å². The van der Waals surface area contributed by atoms with Crippen molar-refractivity contribution in [2.24, 2.45) is 12.8 Å². The van der Waals surface area contributed by atoms with E-state index in [1.54, 1.807) is 28.8 Å². The molecule has 30 heavy (non-hydrogen) atoms. The number of aryl methyl sites for hydroxylation is 2. The number of rotatable bonds is 8. The minimum atomic E-state index is -0.709. The average Bonchev–Trinajstić information content (AvgIpc) is 3.08. The summed E-state index contributed by atoms with van der Waals surface area (Å²) in [6, 6.07) is 12.4. The van der Waals surface area contributed by atoms with Crippen molar-refractivity contribution in [3.8, 4) is 11.3 Å². The van der Waals surface area contributed by atoms with Gasteiger partial charge in [-0.2, -0.15) is 5.10 Å². The number of hydrogen-bond acceptors (Lipinski definition) is 5. The summed E-state index contributed by atoms with van der Waals surface area (Å²) in [5, 5.41) is 15.9. The molecule has 1 heterocycles. The van der Waals surface area contributed by atoms with Crippen LogP contribution in [0.4, 0.5) is 15.8 Å². The van der Waals surface area contributed by atoms with Gasteiger partial charge in [-0.3, -0.25) is 19.6 Å². The third kappa shape index (κ3) is 4.62. The number of aromatic nitrogens is 2. The van der Waals surface area contributed by atoms with Crippen molar-refractivity contribution in [2.45, 2.75) is 12.8 Å². The number of halogens is 1. The van der Waals surface area contributed by atoms with Crippen molar-refractivity contribution in [2.75, 3.05) is 18.5 Å². The monoisotopic (exact) mass is 411 g/mol. The maximum absolute atomic E-state index is 13.1. The normalized spacial score (nSPS) is 10.8. The van der Waals surface area contributed by atoms with E-state index in [2.05, 4.69) is 5.10 Å². The molecule has 8 nitrogen and oxygen atoms in total. The Balaban J connectivity index is 1.67. The van der Waals surface area contributed by atoms with Gasteiger partial charge in [-0.1, -0.05) is 0 Å². The van der Waals surface area contributed by atoms with E-state index in [9.17, 15) is 19.3 Å². The van der Waals surface area contributed by atoms with Crippen LogP contribution in [-0.2, 0) is 13.5 Å². The van der Waals surface area contributed by atoms with Gasteiger partial charge in [-0.25, -0.2) is 4.39 Å². The predicted molar refractivity (Wildman–Crippen MR) is 112 cm³/mol. The molecule has 0 saturated carbocycles. The lowest BCUT2D eigenvalue weighted by Gasteiger charge is -2.19. The lowest BCUT2D eigenvalue weighted by molar-refractivity contribution is -0.384. The summed E-state index contributed by atoms with van der Waals surface area (Å²) in [5.41, 5.74) is 8.20. The van der Waals surface area contributed by atoms with Gasteiger partial charge in [0.25, 0.3) is 5.69 Å². The number of carbonyl (C=O) groups excluding carboxylic acids is 1. The molecule has 0 saturated heterocycles. The quantitative estimate of drug-likeness (QED) is 0.452. The van der Waals surface area contributed by atoms with Crippen LogP contribution < -0.4 is 10.6 Å². The van der Waals surface area contributed by atoms with Crippen LogP contribution in [0.2, 0.25) is 0 Å². The number of hydrogen-bond donors (Lipinski definition) is 1. The fourth-order valence-corrected chi connectivity index (χ4v) is 3.30. The number of amides is 1. The Hall–Kier alpha value is -3.75. The highest BCUT2D eigenvalue weighted by atomic mass is 19.1. The zero-order chi connectivity index (χ0) is 21.8. The van der Waals surface area contributed by atoms with Crippen LogP contribution in [0.5, 0.6) is 0 Å². The number of anilines is 1. The molecule has 3 rings (SSSR count). The lowest BCUT2D eigenvalue weighted by atomic mass is 10.1. The number of nitrogens with zero attached hydrogens (tertiary/aromatic N) is 4. The Kier molecular flexibility index (Phi) is 6.10. The van der Waals surface area contributed by atoms with Gasteiger partial charge in [-0.15, -0.1) is 0 Å². The number of nitrogens with two attached hydrogens (primary N) is 1. The van der Waals surface area contributed by atoms with E-state index in [1.165, 1.54) is 30.3 Å². The first-order valence-corrected chi connectivity index (χ1v) is 9.34. The van der Waals surface area contributed by atoms with Crippen LogP contribution in [0.1, 0.15) is 22.5 Å². The lowest BCUT2D eigenvalue weighted by Crippen LogP contribution is -2.21. The number of benzene rings is 2. The van der Waals surface area contributed by atoms with E-state index < -0.39 is 10.8 Å². The third-order valence-electron chi connectivity index (χ3n) is 4.86.